The van der Waals surface area contributed by atoms with Crippen LogP contribution in [0.2, 0.25) is 0 Å². The third-order valence-corrected chi connectivity index (χ3v) is 4.25. The van der Waals surface area contributed by atoms with E-state index in [-0.39, 0.29) is 5.56 Å². The summed E-state index contributed by atoms with van der Waals surface area (Å²) >= 11 is 0. The van der Waals surface area contributed by atoms with E-state index < -0.39 is 17.6 Å². The third kappa shape index (κ3) is 5.04. The van der Waals surface area contributed by atoms with E-state index in [4.69, 9.17) is 5.11 Å². The Kier molecular flexibility index (Phi) is 6.17. The van der Waals surface area contributed by atoms with Crippen molar-refractivity contribution >= 4 is 17.7 Å². The summed E-state index contributed by atoms with van der Waals surface area (Å²) in [7, 11) is 0. The lowest BCUT2D eigenvalue weighted by Gasteiger charge is -2.26. The van der Waals surface area contributed by atoms with Crippen molar-refractivity contribution in [3.63, 3.8) is 0 Å². The Labute approximate surface area is 162 Å². The van der Waals surface area contributed by atoms with Crippen LogP contribution in [0.4, 0.5) is 14.5 Å². The SMILES string of the molecule is O=C(O)/C=C/c1c(F)cc(N(Cc2ccccc2)Cc2ccccc2)cc1F. The Bertz CT molecular complexity index is 908. The molecule has 0 amide bonds. The molecule has 1 N–H and O–H groups in total. The van der Waals surface area contributed by atoms with Gasteiger partial charge >= 0.3 is 5.97 Å². The zero-order valence-electron chi connectivity index (χ0n) is 15.1. The van der Waals surface area contributed by atoms with Crippen molar-refractivity contribution in [3.05, 3.63) is 107 Å². The molecule has 0 radical (unpaired) electrons. The molecule has 0 aliphatic heterocycles. The first-order valence-electron chi connectivity index (χ1n) is 8.76. The van der Waals surface area contributed by atoms with Gasteiger partial charge in [-0.25, -0.2) is 13.6 Å². The minimum atomic E-state index is -1.27. The standard InChI is InChI=1S/C23H19F2NO2/c24-21-13-19(14-22(25)20(21)11-12-23(27)28)26(15-17-7-3-1-4-8-17)16-18-9-5-2-6-10-18/h1-14H,15-16H2,(H,27,28)/b12-11+. The zero-order valence-corrected chi connectivity index (χ0v) is 15.1. The fraction of sp³-hybridized carbons (Fsp3) is 0.0870. The zero-order chi connectivity index (χ0) is 19.9. The molecular formula is C23H19F2NO2. The Morgan fingerprint density at radius 3 is 1.75 bits per heavy atom. The van der Waals surface area contributed by atoms with Gasteiger partial charge in [-0.2, -0.15) is 0 Å². The van der Waals surface area contributed by atoms with Gasteiger partial charge in [0.15, 0.2) is 0 Å². The maximum Gasteiger partial charge on any atom is 0.328 e. The number of carbonyl (C=O) groups is 1. The van der Waals surface area contributed by atoms with Gasteiger partial charge in [0, 0.05) is 30.4 Å². The largest absolute Gasteiger partial charge is 0.478 e. The number of carboxylic acid groups (broad SMARTS) is 1. The smallest absolute Gasteiger partial charge is 0.328 e. The van der Waals surface area contributed by atoms with E-state index in [0.29, 0.717) is 24.9 Å². The third-order valence-electron chi connectivity index (χ3n) is 4.25. The van der Waals surface area contributed by atoms with Gasteiger partial charge in [0.2, 0.25) is 0 Å². The van der Waals surface area contributed by atoms with Crippen molar-refractivity contribution < 1.29 is 18.7 Å². The minimum Gasteiger partial charge on any atom is -0.478 e. The van der Waals surface area contributed by atoms with Crippen LogP contribution in [0.1, 0.15) is 16.7 Å². The summed E-state index contributed by atoms with van der Waals surface area (Å²) in [6.07, 6.45) is 1.64. The fourth-order valence-corrected chi connectivity index (χ4v) is 2.91. The van der Waals surface area contributed by atoms with E-state index in [9.17, 15) is 13.6 Å². The first kappa shape index (κ1) is 19.3. The molecule has 3 aromatic rings. The molecule has 3 aromatic carbocycles. The maximum absolute atomic E-state index is 14.5. The van der Waals surface area contributed by atoms with E-state index in [2.05, 4.69) is 0 Å². The van der Waals surface area contributed by atoms with Gasteiger partial charge in [-0.05, 0) is 29.3 Å². The van der Waals surface area contributed by atoms with E-state index in [0.717, 1.165) is 17.2 Å². The topological polar surface area (TPSA) is 40.5 Å². The minimum absolute atomic E-state index is 0.370. The van der Waals surface area contributed by atoms with Crippen LogP contribution in [0.5, 0.6) is 0 Å². The number of nitrogens with zero attached hydrogens (tertiary/aromatic N) is 1. The van der Waals surface area contributed by atoms with Crippen LogP contribution in [-0.4, -0.2) is 11.1 Å². The predicted octanol–water partition coefficient (Wildman–Crippen LogP) is 5.27. The number of anilines is 1. The number of halogens is 2. The van der Waals surface area contributed by atoms with Crippen molar-refractivity contribution in [1.82, 2.24) is 0 Å². The van der Waals surface area contributed by atoms with E-state index >= 15 is 0 Å². The highest BCUT2D eigenvalue weighted by Gasteiger charge is 2.15. The van der Waals surface area contributed by atoms with Gasteiger partial charge in [-0.1, -0.05) is 60.7 Å². The van der Waals surface area contributed by atoms with Gasteiger partial charge < -0.3 is 10.0 Å². The number of carboxylic acids is 1. The summed E-state index contributed by atoms with van der Waals surface area (Å²) in [6, 6.07) is 21.8. The highest BCUT2D eigenvalue weighted by Crippen LogP contribution is 2.26. The van der Waals surface area contributed by atoms with Crippen molar-refractivity contribution in [3.8, 4) is 0 Å². The van der Waals surface area contributed by atoms with Crippen LogP contribution in [0, 0.1) is 11.6 Å². The Balaban J connectivity index is 1.96. The lowest BCUT2D eigenvalue weighted by atomic mass is 10.1. The van der Waals surface area contributed by atoms with Gasteiger partial charge in [-0.3, -0.25) is 0 Å². The van der Waals surface area contributed by atoms with Crippen LogP contribution >= 0.6 is 0 Å². The number of hydrogen-bond acceptors (Lipinski definition) is 2. The molecule has 0 saturated carbocycles. The normalized spacial score (nSPS) is 10.9. The van der Waals surface area contributed by atoms with Crippen LogP contribution in [0.15, 0.2) is 78.9 Å². The van der Waals surface area contributed by atoms with Gasteiger partial charge in [0.1, 0.15) is 11.6 Å². The molecular weight excluding hydrogens is 360 g/mol. The summed E-state index contributed by atoms with van der Waals surface area (Å²) < 4.78 is 29.0. The molecule has 0 fully saturated rings. The molecule has 28 heavy (non-hydrogen) atoms. The molecule has 0 spiro atoms. The van der Waals surface area contributed by atoms with Crippen molar-refractivity contribution in [2.75, 3.05) is 4.90 Å². The Hall–Kier alpha value is -3.47. The van der Waals surface area contributed by atoms with Crippen LogP contribution < -0.4 is 4.90 Å². The molecule has 0 aromatic heterocycles. The van der Waals surface area contributed by atoms with Gasteiger partial charge in [0.05, 0.1) is 0 Å². The van der Waals surface area contributed by atoms with E-state index in [1.165, 1.54) is 12.1 Å². The Morgan fingerprint density at radius 2 is 1.32 bits per heavy atom. The molecule has 0 heterocycles. The van der Waals surface area contributed by atoms with Crippen LogP contribution in [0.25, 0.3) is 6.08 Å². The summed E-state index contributed by atoms with van der Waals surface area (Å²) in [5.74, 6) is -2.88. The quantitative estimate of drug-likeness (QED) is 0.569. The van der Waals surface area contributed by atoms with Crippen LogP contribution in [0.3, 0.4) is 0 Å². The maximum atomic E-state index is 14.5. The average Bonchev–Trinajstić information content (AvgIpc) is 2.68. The van der Waals surface area contributed by atoms with Crippen molar-refractivity contribution in [2.24, 2.45) is 0 Å². The molecule has 0 aliphatic carbocycles. The van der Waals surface area contributed by atoms with Crippen molar-refractivity contribution in [2.45, 2.75) is 13.1 Å². The predicted molar refractivity (Wildman–Crippen MR) is 106 cm³/mol. The molecule has 0 aliphatic rings. The number of rotatable bonds is 7. The summed E-state index contributed by atoms with van der Waals surface area (Å²) in [5.41, 5.74) is 2.03. The first-order chi connectivity index (χ1) is 13.5. The monoisotopic (exact) mass is 379 g/mol. The summed E-state index contributed by atoms with van der Waals surface area (Å²) in [4.78, 5) is 12.5. The second-order valence-electron chi connectivity index (χ2n) is 6.32. The average molecular weight is 379 g/mol. The highest BCUT2D eigenvalue weighted by molar-refractivity contribution is 5.85. The van der Waals surface area contributed by atoms with Crippen molar-refractivity contribution in [1.29, 1.82) is 0 Å². The first-order valence-corrected chi connectivity index (χ1v) is 8.76. The van der Waals surface area contributed by atoms with Gasteiger partial charge in [0.25, 0.3) is 0 Å². The molecule has 0 saturated heterocycles. The molecule has 5 heteroatoms. The second kappa shape index (κ2) is 8.95. The fourth-order valence-electron chi connectivity index (χ4n) is 2.91. The number of benzene rings is 3. The molecule has 3 nitrogen and oxygen atoms in total. The lowest BCUT2D eigenvalue weighted by Crippen LogP contribution is -2.22. The van der Waals surface area contributed by atoms with E-state index in [1.807, 2.05) is 65.6 Å². The summed E-state index contributed by atoms with van der Waals surface area (Å²) in [5, 5.41) is 8.69. The van der Waals surface area contributed by atoms with Gasteiger partial charge in [-0.15, -0.1) is 0 Å². The molecule has 0 bridgehead atoms. The highest BCUT2D eigenvalue weighted by atomic mass is 19.1. The molecule has 3 rings (SSSR count). The van der Waals surface area contributed by atoms with Crippen LogP contribution in [-0.2, 0) is 17.9 Å². The molecule has 0 unspecified atom stereocenters. The molecule has 142 valence electrons. The number of aliphatic carboxylic acids is 1. The number of hydrogen-bond donors (Lipinski definition) is 1. The van der Waals surface area contributed by atoms with E-state index in [1.54, 1.807) is 0 Å². The second-order valence-corrected chi connectivity index (χ2v) is 6.32. The summed E-state index contributed by atoms with van der Waals surface area (Å²) in [6.45, 7) is 0.942. The molecule has 0 atom stereocenters. The lowest BCUT2D eigenvalue weighted by molar-refractivity contribution is -0.131. The Morgan fingerprint density at radius 1 is 0.857 bits per heavy atom.